The number of anilines is 3. The summed E-state index contributed by atoms with van der Waals surface area (Å²) in [6.45, 7) is 7.53. The zero-order valence-electron chi connectivity index (χ0n) is 14.2. The van der Waals surface area contributed by atoms with E-state index in [1.165, 1.54) is 0 Å². The molecule has 0 spiro atoms. The Morgan fingerprint density at radius 2 is 1.57 bits per heavy atom. The summed E-state index contributed by atoms with van der Waals surface area (Å²) < 4.78 is 0. The van der Waals surface area contributed by atoms with E-state index in [0.29, 0.717) is 0 Å². The van der Waals surface area contributed by atoms with E-state index in [1.54, 1.807) is 6.20 Å². The normalized spacial score (nSPS) is 15.0. The van der Waals surface area contributed by atoms with Crippen LogP contribution in [-0.4, -0.2) is 60.2 Å². The second-order valence-electron chi connectivity index (χ2n) is 6.05. The molecule has 0 atom stereocenters. The van der Waals surface area contributed by atoms with Crippen LogP contribution in [0.5, 0.6) is 0 Å². The third-order valence-electron chi connectivity index (χ3n) is 3.92. The van der Waals surface area contributed by atoms with Crippen molar-refractivity contribution in [2.45, 2.75) is 13.8 Å². The summed E-state index contributed by atoms with van der Waals surface area (Å²) in [5.74, 6) is 2.70. The van der Waals surface area contributed by atoms with Crippen LogP contribution >= 0.6 is 0 Å². The Labute approximate surface area is 137 Å². The molecule has 0 saturated carbocycles. The van der Waals surface area contributed by atoms with E-state index in [9.17, 15) is 0 Å². The molecule has 1 aliphatic heterocycles. The topological polar surface area (TPSA) is 61.3 Å². The minimum Gasteiger partial charge on any atom is -0.363 e. The summed E-state index contributed by atoms with van der Waals surface area (Å²) in [7, 11) is 4.00. The maximum Gasteiger partial charge on any atom is 0.227 e. The summed E-state index contributed by atoms with van der Waals surface area (Å²) in [5.41, 5.74) is 1.94. The smallest absolute Gasteiger partial charge is 0.227 e. The van der Waals surface area contributed by atoms with Gasteiger partial charge in [0.1, 0.15) is 11.6 Å². The third kappa shape index (κ3) is 3.49. The van der Waals surface area contributed by atoms with Gasteiger partial charge in [-0.2, -0.15) is 4.98 Å². The average Bonchev–Trinajstić information content (AvgIpc) is 2.54. The molecule has 0 amide bonds. The van der Waals surface area contributed by atoms with Crippen molar-refractivity contribution in [2.75, 3.05) is 55.0 Å². The molecule has 0 N–H and O–H groups in total. The van der Waals surface area contributed by atoms with Crippen LogP contribution in [0.2, 0.25) is 0 Å². The van der Waals surface area contributed by atoms with Crippen molar-refractivity contribution < 1.29 is 0 Å². The molecule has 7 heteroatoms. The van der Waals surface area contributed by atoms with E-state index in [0.717, 1.165) is 55.2 Å². The van der Waals surface area contributed by atoms with Gasteiger partial charge in [0.25, 0.3) is 0 Å². The minimum atomic E-state index is 0.809. The molecule has 7 nitrogen and oxygen atoms in total. The van der Waals surface area contributed by atoms with Crippen molar-refractivity contribution in [3.63, 3.8) is 0 Å². The monoisotopic (exact) mass is 313 g/mol. The predicted octanol–water partition coefficient (Wildman–Crippen LogP) is 1.28. The van der Waals surface area contributed by atoms with Crippen molar-refractivity contribution in [3.8, 4) is 0 Å². The standard InChI is InChI=1S/C16H23N7/c1-12-9-14(21(3)4)20-16(19-12)23-7-5-22(6-8-23)15-11-17-10-13(2)18-15/h9-11H,5-8H2,1-4H3. The van der Waals surface area contributed by atoms with Crippen molar-refractivity contribution >= 4 is 17.6 Å². The van der Waals surface area contributed by atoms with Crippen LogP contribution < -0.4 is 14.7 Å². The summed E-state index contributed by atoms with van der Waals surface area (Å²) in [4.78, 5) is 24.6. The quantitative estimate of drug-likeness (QED) is 0.846. The number of piperazine rings is 1. The van der Waals surface area contributed by atoms with Crippen LogP contribution in [0, 0.1) is 13.8 Å². The van der Waals surface area contributed by atoms with Crippen LogP contribution in [0.3, 0.4) is 0 Å². The molecule has 1 saturated heterocycles. The lowest BCUT2D eigenvalue weighted by atomic mass is 10.3. The lowest BCUT2D eigenvalue weighted by Gasteiger charge is -2.35. The SMILES string of the molecule is Cc1cncc(N2CCN(c3nc(C)cc(N(C)C)n3)CC2)n1. The summed E-state index contributed by atoms with van der Waals surface area (Å²) in [6, 6.07) is 2.00. The molecule has 3 heterocycles. The molecule has 23 heavy (non-hydrogen) atoms. The Bertz CT molecular complexity index is 678. The van der Waals surface area contributed by atoms with Crippen molar-refractivity contribution in [1.82, 2.24) is 19.9 Å². The number of aryl methyl sites for hydroxylation is 2. The van der Waals surface area contributed by atoms with Gasteiger partial charge in [-0.05, 0) is 13.8 Å². The molecule has 0 aromatic carbocycles. The van der Waals surface area contributed by atoms with Gasteiger partial charge in [-0.25, -0.2) is 9.97 Å². The molecule has 0 bridgehead atoms. The molecule has 1 fully saturated rings. The van der Waals surface area contributed by atoms with Gasteiger partial charge >= 0.3 is 0 Å². The number of aromatic nitrogens is 4. The summed E-state index contributed by atoms with van der Waals surface area (Å²) in [5, 5.41) is 0. The van der Waals surface area contributed by atoms with E-state index >= 15 is 0 Å². The summed E-state index contributed by atoms with van der Waals surface area (Å²) >= 11 is 0. The number of hydrogen-bond acceptors (Lipinski definition) is 7. The molecule has 2 aromatic rings. The van der Waals surface area contributed by atoms with E-state index < -0.39 is 0 Å². The first-order chi connectivity index (χ1) is 11.0. The second-order valence-corrected chi connectivity index (χ2v) is 6.05. The van der Waals surface area contributed by atoms with Gasteiger partial charge in [0.05, 0.1) is 11.9 Å². The molecule has 122 valence electrons. The van der Waals surface area contributed by atoms with E-state index in [4.69, 9.17) is 0 Å². The highest BCUT2D eigenvalue weighted by Gasteiger charge is 2.21. The van der Waals surface area contributed by atoms with Crippen LogP contribution in [0.1, 0.15) is 11.4 Å². The van der Waals surface area contributed by atoms with Crippen molar-refractivity contribution in [1.29, 1.82) is 0 Å². The lowest BCUT2D eigenvalue weighted by molar-refractivity contribution is 0.632. The van der Waals surface area contributed by atoms with Gasteiger partial charge in [0.2, 0.25) is 5.95 Å². The number of rotatable bonds is 3. The van der Waals surface area contributed by atoms with Crippen LogP contribution in [0.15, 0.2) is 18.5 Å². The second kappa shape index (κ2) is 6.36. The molecule has 0 unspecified atom stereocenters. The van der Waals surface area contributed by atoms with E-state index in [2.05, 4.69) is 29.7 Å². The Morgan fingerprint density at radius 3 is 2.22 bits per heavy atom. The van der Waals surface area contributed by atoms with Gasteiger partial charge in [-0.15, -0.1) is 0 Å². The fraction of sp³-hybridized carbons (Fsp3) is 0.500. The maximum atomic E-state index is 4.66. The predicted molar refractivity (Wildman–Crippen MR) is 92.3 cm³/mol. The molecular formula is C16H23N7. The highest BCUT2D eigenvalue weighted by Crippen LogP contribution is 2.19. The number of nitrogens with zero attached hydrogens (tertiary/aromatic N) is 7. The molecule has 2 aromatic heterocycles. The molecule has 1 aliphatic rings. The minimum absolute atomic E-state index is 0.809. The van der Waals surface area contributed by atoms with Crippen LogP contribution in [0.4, 0.5) is 17.6 Å². The van der Waals surface area contributed by atoms with Gasteiger partial charge in [-0.3, -0.25) is 4.98 Å². The van der Waals surface area contributed by atoms with E-state index in [1.807, 2.05) is 45.1 Å². The highest BCUT2D eigenvalue weighted by molar-refractivity contribution is 5.46. The fourth-order valence-electron chi connectivity index (χ4n) is 2.65. The van der Waals surface area contributed by atoms with Crippen molar-refractivity contribution in [2.24, 2.45) is 0 Å². The largest absolute Gasteiger partial charge is 0.363 e. The average molecular weight is 313 g/mol. The Kier molecular flexibility index (Phi) is 4.27. The molecular weight excluding hydrogens is 290 g/mol. The Balaban J connectivity index is 1.72. The van der Waals surface area contributed by atoms with Crippen LogP contribution in [0.25, 0.3) is 0 Å². The summed E-state index contributed by atoms with van der Waals surface area (Å²) in [6.07, 6.45) is 3.61. The molecule has 0 radical (unpaired) electrons. The fourth-order valence-corrected chi connectivity index (χ4v) is 2.65. The van der Waals surface area contributed by atoms with Gasteiger partial charge < -0.3 is 14.7 Å². The molecule has 3 rings (SSSR count). The van der Waals surface area contributed by atoms with Crippen molar-refractivity contribution in [3.05, 3.63) is 29.8 Å². The van der Waals surface area contributed by atoms with Gasteiger partial charge in [0.15, 0.2) is 0 Å². The van der Waals surface area contributed by atoms with Gasteiger partial charge in [0, 0.05) is 58.2 Å². The first-order valence-corrected chi connectivity index (χ1v) is 7.84. The third-order valence-corrected chi connectivity index (χ3v) is 3.92. The zero-order valence-corrected chi connectivity index (χ0v) is 14.2. The lowest BCUT2D eigenvalue weighted by Crippen LogP contribution is -2.47. The first kappa shape index (κ1) is 15.5. The first-order valence-electron chi connectivity index (χ1n) is 7.84. The zero-order chi connectivity index (χ0) is 16.4. The van der Waals surface area contributed by atoms with Gasteiger partial charge in [-0.1, -0.05) is 0 Å². The maximum absolute atomic E-state index is 4.66. The highest BCUT2D eigenvalue weighted by atomic mass is 15.3. The van der Waals surface area contributed by atoms with E-state index in [-0.39, 0.29) is 0 Å². The Morgan fingerprint density at radius 1 is 0.870 bits per heavy atom. The number of hydrogen-bond donors (Lipinski definition) is 0. The Hall–Kier alpha value is -2.44. The van der Waals surface area contributed by atoms with Crippen LogP contribution in [-0.2, 0) is 0 Å². The molecule has 0 aliphatic carbocycles.